The van der Waals surface area contributed by atoms with E-state index in [0.29, 0.717) is 12.0 Å². The smallest absolute Gasteiger partial charge is 0.0568 e. The van der Waals surface area contributed by atoms with Crippen molar-refractivity contribution in [3.63, 3.8) is 0 Å². The molecule has 0 radical (unpaired) electrons. The highest BCUT2D eigenvalue weighted by Gasteiger charge is 2.25. The first kappa shape index (κ1) is 14.7. The molecular formula is C19H23N3. The minimum absolute atomic E-state index is 0.487. The summed E-state index contributed by atoms with van der Waals surface area (Å²) in [6.45, 7) is 7.88. The van der Waals surface area contributed by atoms with E-state index in [0.717, 1.165) is 23.2 Å². The maximum Gasteiger partial charge on any atom is 0.0568 e. The molecule has 22 heavy (non-hydrogen) atoms. The lowest BCUT2D eigenvalue weighted by atomic mass is 9.86. The van der Waals surface area contributed by atoms with Gasteiger partial charge in [-0.05, 0) is 43.9 Å². The third kappa shape index (κ3) is 2.39. The highest BCUT2D eigenvalue weighted by atomic mass is 15.2. The van der Waals surface area contributed by atoms with Gasteiger partial charge in [0, 0.05) is 48.2 Å². The lowest BCUT2D eigenvalue weighted by Gasteiger charge is -2.38. The molecule has 3 nitrogen and oxygen atoms in total. The van der Waals surface area contributed by atoms with E-state index in [4.69, 9.17) is 6.42 Å². The van der Waals surface area contributed by atoms with Crippen molar-refractivity contribution in [2.75, 3.05) is 11.4 Å². The van der Waals surface area contributed by atoms with Crippen LogP contribution in [0, 0.1) is 12.3 Å². The van der Waals surface area contributed by atoms with Gasteiger partial charge in [0.2, 0.25) is 0 Å². The maximum absolute atomic E-state index is 5.79. The van der Waals surface area contributed by atoms with Crippen LogP contribution in [0.15, 0.2) is 24.5 Å². The van der Waals surface area contributed by atoms with E-state index in [1.54, 1.807) is 0 Å². The summed E-state index contributed by atoms with van der Waals surface area (Å²) in [4.78, 5) is 2.46. The summed E-state index contributed by atoms with van der Waals surface area (Å²) in [5, 5.41) is 4.28. The van der Waals surface area contributed by atoms with E-state index in [1.807, 2.05) is 24.1 Å². The van der Waals surface area contributed by atoms with Gasteiger partial charge in [0.25, 0.3) is 0 Å². The summed E-state index contributed by atoms with van der Waals surface area (Å²) in [7, 11) is 1.93. The standard InChI is InChI=1S/C19H23N3/c1-6-15-9-19-17(14(4)7-8-22(19)13(2)3)10-18(15)16-11-20-21(5)12-16/h1,9-14H,7-8H2,2-5H3/t14-/m1/s1. The van der Waals surface area contributed by atoms with Crippen molar-refractivity contribution < 1.29 is 0 Å². The topological polar surface area (TPSA) is 21.1 Å². The van der Waals surface area contributed by atoms with Gasteiger partial charge in [-0.1, -0.05) is 12.8 Å². The third-order valence-corrected chi connectivity index (χ3v) is 4.60. The number of anilines is 1. The molecule has 0 N–H and O–H groups in total. The van der Waals surface area contributed by atoms with Crippen LogP contribution >= 0.6 is 0 Å². The minimum Gasteiger partial charge on any atom is -0.369 e. The number of aromatic nitrogens is 2. The number of hydrogen-bond acceptors (Lipinski definition) is 2. The highest BCUT2D eigenvalue weighted by Crippen LogP contribution is 2.40. The van der Waals surface area contributed by atoms with E-state index in [-0.39, 0.29) is 0 Å². The molecule has 1 aromatic carbocycles. The van der Waals surface area contributed by atoms with Gasteiger partial charge in [0.1, 0.15) is 0 Å². The normalized spacial score (nSPS) is 17.5. The SMILES string of the molecule is C#Cc1cc2c(cc1-c1cnn(C)c1)[C@H](C)CCN2C(C)C. The number of rotatable bonds is 2. The lowest BCUT2D eigenvalue weighted by Crippen LogP contribution is -2.36. The number of benzene rings is 1. The van der Waals surface area contributed by atoms with Gasteiger partial charge in [0.15, 0.2) is 0 Å². The fraction of sp³-hybridized carbons (Fsp3) is 0.421. The number of terminal acetylenes is 1. The van der Waals surface area contributed by atoms with Gasteiger partial charge in [-0.15, -0.1) is 6.42 Å². The molecule has 2 heterocycles. The van der Waals surface area contributed by atoms with Gasteiger partial charge in [-0.3, -0.25) is 4.68 Å². The summed E-state index contributed by atoms with van der Waals surface area (Å²) in [5.41, 5.74) is 5.86. The highest BCUT2D eigenvalue weighted by molar-refractivity contribution is 5.76. The Morgan fingerprint density at radius 1 is 1.36 bits per heavy atom. The zero-order valence-electron chi connectivity index (χ0n) is 13.8. The van der Waals surface area contributed by atoms with Crippen molar-refractivity contribution in [1.29, 1.82) is 0 Å². The molecule has 1 aliphatic heterocycles. The van der Waals surface area contributed by atoms with E-state index in [1.165, 1.54) is 17.7 Å². The van der Waals surface area contributed by atoms with Crippen LogP contribution in [-0.2, 0) is 7.05 Å². The lowest BCUT2D eigenvalue weighted by molar-refractivity contribution is 0.573. The second-order valence-electron chi connectivity index (χ2n) is 6.48. The third-order valence-electron chi connectivity index (χ3n) is 4.60. The van der Waals surface area contributed by atoms with Gasteiger partial charge in [-0.2, -0.15) is 5.10 Å². The van der Waals surface area contributed by atoms with Gasteiger partial charge < -0.3 is 4.90 Å². The first-order valence-electron chi connectivity index (χ1n) is 7.91. The minimum atomic E-state index is 0.487. The fourth-order valence-corrected chi connectivity index (χ4v) is 3.31. The Morgan fingerprint density at radius 2 is 2.14 bits per heavy atom. The van der Waals surface area contributed by atoms with Crippen LogP contribution in [0.3, 0.4) is 0 Å². The fourth-order valence-electron chi connectivity index (χ4n) is 3.31. The Kier molecular flexibility index (Phi) is 3.70. The Labute approximate surface area is 132 Å². The van der Waals surface area contributed by atoms with Gasteiger partial charge in [-0.25, -0.2) is 0 Å². The van der Waals surface area contributed by atoms with Crippen molar-refractivity contribution >= 4 is 5.69 Å². The Morgan fingerprint density at radius 3 is 2.73 bits per heavy atom. The molecule has 2 aromatic rings. The number of aryl methyl sites for hydroxylation is 1. The number of fused-ring (bicyclic) bond motifs is 1. The summed E-state index contributed by atoms with van der Waals surface area (Å²) >= 11 is 0. The molecule has 1 atom stereocenters. The van der Waals surface area contributed by atoms with E-state index >= 15 is 0 Å². The van der Waals surface area contributed by atoms with Crippen LogP contribution in [0.2, 0.25) is 0 Å². The van der Waals surface area contributed by atoms with Crippen LogP contribution in [0.25, 0.3) is 11.1 Å². The predicted octanol–water partition coefficient (Wildman–Crippen LogP) is 3.79. The van der Waals surface area contributed by atoms with Crippen LogP contribution in [0.5, 0.6) is 0 Å². The average molecular weight is 293 g/mol. The molecule has 114 valence electrons. The Hall–Kier alpha value is -2.21. The van der Waals surface area contributed by atoms with Crippen LogP contribution in [0.4, 0.5) is 5.69 Å². The molecule has 0 amide bonds. The number of nitrogens with zero attached hydrogens (tertiary/aromatic N) is 3. The zero-order valence-corrected chi connectivity index (χ0v) is 13.8. The van der Waals surface area contributed by atoms with Crippen LogP contribution in [0.1, 0.15) is 44.2 Å². The molecule has 1 aromatic heterocycles. The monoisotopic (exact) mass is 293 g/mol. The molecule has 0 spiro atoms. The number of hydrogen-bond donors (Lipinski definition) is 0. The summed E-state index contributed by atoms with van der Waals surface area (Å²) in [6, 6.07) is 4.95. The second-order valence-corrected chi connectivity index (χ2v) is 6.48. The van der Waals surface area contributed by atoms with Gasteiger partial charge >= 0.3 is 0 Å². The Bertz CT molecular complexity index is 734. The van der Waals surface area contributed by atoms with E-state index in [9.17, 15) is 0 Å². The maximum atomic E-state index is 5.79. The molecule has 0 saturated carbocycles. The predicted molar refractivity (Wildman–Crippen MR) is 92.1 cm³/mol. The van der Waals surface area contributed by atoms with E-state index < -0.39 is 0 Å². The first-order chi connectivity index (χ1) is 10.5. The van der Waals surface area contributed by atoms with Crippen LogP contribution in [-0.4, -0.2) is 22.4 Å². The van der Waals surface area contributed by atoms with Crippen molar-refractivity contribution in [1.82, 2.24) is 9.78 Å². The second kappa shape index (κ2) is 5.53. The molecule has 0 bridgehead atoms. The average Bonchev–Trinajstić information content (AvgIpc) is 2.92. The van der Waals surface area contributed by atoms with Crippen molar-refractivity contribution in [2.45, 2.75) is 39.2 Å². The summed E-state index contributed by atoms with van der Waals surface area (Å²) < 4.78 is 1.82. The molecule has 0 unspecified atom stereocenters. The van der Waals surface area contributed by atoms with Crippen molar-refractivity contribution in [2.24, 2.45) is 7.05 Å². The first-order valence-corrected chi connectivity index (χ1v) is 7.91. The Balaban J connectivity index is 2.19. The molecule has 1 aliphatic rings. The molecule has 0 fully saturated rings. The quantitative estimate of drug-likeness (QED) is 0.786. The van der Waals surface area contributed by atoms with Crippen molar-refractivity contribution in [3.05, 3.63) is 35.7 Å². The van der Waals surface area contributed by atoms with Gasteiger partial charge in [0.05, 0.1) is 6.20 Å². The van der Waals surface area contributed by atoms with Crippen molar-refractivity contribution in [3.8, 4) is 23.5 Å². The molecule has 3 rings (SSSR count). The molecule has 0 saturated heterocycles. The molecule has 0 aliphatic carbocycles. The molecule has 3 heteroatoms. The van der Waals surface area contributed by atoms with E-state index in [2.05, 4.69) is 48.8 Å². The summed E-state index contributed by atoms with van der Waals surface area (Å²) in [6.07, 6.45) is 10.9. The molecular weight excluding hydrogens is 270 g/mol. The summed E-state index contributed by atoms with van der Waals surface area (Å²) in [5.74, 6) is 3.43. The largest absolute Gasteiger partial charge is 0.369 e. The zero-order chi connectivity index (χ0) is 15.9. The van der Waals surface area contributed by atoms with Crippen LogP contribution < -0.4 is 4.90 Å².